The Hall–Kier alpha value is -2.68. The first-order chi connectivity index (χ1) is 12.0. The molecule has 0 spiro atoms. The van der Waals surface area contributed by atoms with Crippen LogP contribution < -0.4 is 9.47 Å². The molecular weight excluding hydrogens is 388 g/mol. The van der Waals surface area contributed by atoms with Crippen molar-refractivity contribution < 1.29 is 9.47 Å². The van der Waals surface area contributed by atoms with Crippen LogP contribution in [-0.2, 0) is 0 Å². The van der Waals surface area contributed by atoms with Gasteiger partial charge < -0.3 is 9.47 Å². The molecule has 0 radical (unpaired) electrons. The first kappa shape index (κ1) is 17.2. The number of halogens is 1. The van der Waals surface area contributed by atoms with Crippen LogP contribution in [0.5, 0.6) is 11.5 Å². The van der Waals surface area contributed by atoms with Crippen molar-refractivity contribution in [1.82, 2.24) is 24.7 Å². The van der Waals surface area contributed by atoms with Crippen molar-refractivity contribution in [2.24, 2.45) is 5.10 Å². The molecule has 0 aliphatic heterocycles. The van der Waals surface area contributed by atoms with Crippen molar-refractivity contribution >= 4 is 22.1 Å². The average molecular weight is 405 g/mol. The van der Waals surface area contributed by atoms with E-state index in [2.05, 4.69) is 36.3 Å². The van der Waals surface area contributed by atoms with Crippen LogP contribution in [-0.4, -0.2) is 45.1 Å². The highest BCUT2D eigenvalue weighted by molar-refractivity contribution is 9.10. The van der Waals surface area contributed by atoms with Crippen LogP contribution in [0.2, 0.25) is 0 Å². The van der Waals surface area contributed by atoms with Crippen molar-refractivity contribution in [3.63, 3.8) is 0 Å². The van der Waals surface area contributed by atoms with Gasteiger partial charge in [0.1, 0.15) is 17.8 Å². The molecule has 0 aliphatic rings. The van der Waals surface area contributed by atoms with Gasteiger partial charge >= 0.3 is 0 Å². The van der Waals surface area contributed by atoms with Gasteiger partial charge in [-0.05, 0) is 48.0 Å². The number of benzene rings is 1. The van der Waals surface area contributed by atoms with Gasteiger partial charge in [0.25, 0.3) is 5.95 Å². The lowest BCUT2D eigenvalue weighted by atomic mass is 10.2. The van der Waals surface area contributed by atoms with E-state index in [0.29, 0.717) is 17.4 Å². The smallest absolute Gasteiger partial charge is 0.273 e. The standard InChI is InChI=1S/C16H17BrN6O2/c1-10-5-11(2)23(21-10)16-20-18-9-22(16)19-8-12-6-15(25-4)13(17)7-14(12)24-3/h5-9H,1-4H3/b19-8-. The van der Waals surface area contributed by atoms with Crippen LogP contribution in [0, 0.1) is 13.8 Å². The lowest BCUT2D eigenvalue weighted by molar-refractivity contribution is 0.400. The van der Waals surface area contributed by atoms with E-state index < -0.39 is 0 Å². The van der Waals surface area contributed by atoms with Crippen LogP contribution in [0.4, 0.5) is 0 Å². The summed E-state index contributed by atoms with van der Waals surface area (Å²) in [5, 5.41) is 16.9. The normalized spacial score (nSPS) is 11.2. The molecule has 0 aliphatic carbocycles. The predicted octanol–water partition coefficient (Wildman–Crippen LogP) is 2.74. The van der Waals surface area contributed by atoms with E-state index in [-0.39, 0.29) is 0 Å². The number of rotatable bonds is 5. The molecule has 0 fully saturated rings. The fourth-order valence-corrected chi connectivity index (χ4v) is 2.87. The zero-order valence-corrected chi connectivity index (χ0v) is 15.9. The van der Waals surface area contributed by atoms with E-state index in [4.69, 9.17) is 9.47 Å². The highest BCUT2D eigenvalue weighted by Gasteiger charge is 2.12. The lowest BCUT2D eigenvalue weighted by Gasteiger charge is -2.09. The predicted molar refractivity (Wildman–Crippen MR) is 96.9 cm³/mol. The maximum Gasteiger partial charge on any atom is 0.273 e. The highest BCUT2D eigenvalue weighted by Crippen LogP contribution is 2.31. The Balaban J connectivity index is 1.99. The van der Waals surface area contributed by atoms with Gasteiger partial charge in [0, 0.05) is 11.3 Å². The summed E-state index contributed by atoms with van der Waals surface area (Å²) in [5.41, 5.74) is 2.61. The van der Waals surface area contributed by atoms with E-state index >= 15 is 0 Å². The summed E-state index contributed by atoms with van der Waals surface area (Å²) in [5.74, 6) is 1.85. The van der Waals surface area contributed by atoms with Gasteiger partial charge in [0.05, 0.1) is 30.6 Å². The Bertz CT molecular complexity index is 931. The van der Waals surface area contributed by atoms with Gasteiger partial charge in [-0.1, -0.05) is 0 Å². The number of aromatic nitrogens is 5. The zero-order chi connectivity index (χ0) is 18.0. The fraction of sp³-hybridized carbons (Fsp3) is 0.250. The molecule has 25 heavy (non-hydrogen) atoms. The molecule has 0 unspecified atom stereocenters. The number of ether oxygens (including phenoxy) is 2. The van der Waals surface area contributed by atoms with Gasteiger partial charge in [-0.25, -0.2) is 4.68 Å². The third-order valence-corrected chi connectivity index (χ3v) is 4.16. The quantitative estimate of drug-likeness (QED) is 0.610. The molecule has 9 heteroatoms. The Morgan fingerprint density at radius 3 is 2.52 bits per heavy atom. The molecular formula is C16H17BrN6O2. The number of hydrogen-bond acceptors (Lipinski definition) is 6. The number of aryl methyl sites for hydroxylation is 2. The van der Waals surface area contributed by atoms with Gasteiger partial charge in [-0.2, -0.15) is 14.9 Å². The van der Waals surface area contributed by atoms with E-state index in [9.17, 15) is 0 Å². The largest absolute Gasteiger partial charge is 0.496 e. The minimum atomic E-state index is 0.505. The zero-order valence-electron chi connectivity index (χ0n) is 14.3. The molecule has 8 nitrogen and oxygen atoms in total. The first-order valence-electron chi connectivity index (χ1n) is 7.43. The van der Waals surface area contributed by atoms with E-state index in [1.54, 1.807) is 29.8 Å². The Kier molecular flexibility index (Phi) is 4.84. The lowest BCUT2D eigenvalue weighted by Crippen LogP contribution is -2.06. The van der Waals surface area contributed by atoms with E-state index in [1.807, 2.05) is 32.0 Å². The molecule has 3 aromatic rings. The Morgan fingerprint density at radius 2 is 1.88 bits per heavy atom. The fourth-order valence-electron chi connectivity index (χ4n) is 2.39. The van der Waals surface area contributed by atoms with Crippen LogP contribution in [0.3, 0.4) is 0 Å². The molecule has 2 aromatic heterocycles. The Labute approximate surface area is 153 Å². The van der Waals surface area contributed by atoms with Crippen molar-refractivity contribution in [3.05, 3.63) is 46.0 Å². The second-order valence-electron chi connectivity index (χ2n) is 5.29. The molecule has 0 N–H and O–H groups in total. The molecule has 0 amide bonds. The summed E-state index contributed by atoms with van der Waals surface area (Å²) >= 11 is 3.44. The van der Waals surface area contributed by atoms with Crippen molar-refractivity contribution in [1.29, 1.82) is 0 Å². The summed E-state index contributed by atoms with van der Waals surface area (Å²) in [6.07, 6.45) is 3.18. The summed E-state index contributed by atoms with van der Waals surface area (Å²) in [6, 6.07) is 5.62. The van der Waals surface area contributed by atoms with Gasteiger partial charge in [-0.15, -0.1) is 10.2 Å². The maximum atomic E-state index is 5.40. The minimum Gasteiger partial charge on any atom is -0.496 e. The Morgan fingerprint density at radius 1 is 1.12 bits per heavy atom. The topological polar surface area (TPSA) is 79.4 Å². The maximum absolute atomic E-state index is 5.40. The van der Waals surface area contributed by atoms with E-state index in [1.165, 1.54) is 6.33 Å². The van der Waals surface area contributed by atoms with Crippen LogP contribution in [0.25, 0.3) is 5.95 Å². The van der Waals surface area contributed by atoms with Crippen LogP contribution in [0.1, 0.15) is 17.0 Å². The van der Waals surface area contributed by atoms with Gasteiger partial charge in [0.2, 0.25) is 0 Å². The van der Waals surface area contributed by atoms with Gasteiger partial charge in [-0.3, -0.25) is 0 Å². The molecule has 0 saturated heterocycles. The second kappa shape index (κ2) is 7.06. The molecule has 1 aromatic carbocycles. The van der Waals surface area contributed by atoms with Crippen molar-refractivity contribution in [3.8, 4) is 17.4 Å². The number of methoxy groups -OCH3 is 2. The monoisotopic (exact) mass is 404 g/mol. The van der Waals surface area contributed by atoms with Crippen molar-refractivity contribution in [2.45, 2.75) is 13.8 Å². The van der Waals surface area contributed by atoms with Crippen LogP contribution in [0.15, 0.2) is 34.1 Å². The average Bonchev–Trinajstić information content (AvgIpc) is 3.18. The number of hydrogen-bond donors (Lipinski definition) is 0. The minimum absolute atomic E-state index is 0.505. The van der Waals surface area contributed by atoms with Gasteiger partial charge in [0.15, 0.2) is 0 Å². The van der Waals surface area contributed by atoms with Crippen molar-refractivity contribution in [2.75, 3.05) is 14.2 Å². The molecule has 0 saturated carbocycles. The van der Waals surface area contributed by atoms with Crippen LogP contribution >= 0.6 is 15.9 Å². The highest BCUT2D eigenvalue weighted by atomic mass is 79.9. The molecule has 130 valence electrons. The summed E-state index contributed by atoms with van der Waals surface area (Å²) in [4.78, 5) is 0. The summed E-state index contributed by atoms with van der Waals surface area (Å²) in [6.45, 7) is 3.87. The number of nitrogens with zero attached hydrogens (tertiary/aromatic N) is 6. The first-order valence-corrected chi connectivity index (χ1v) is 8.22. The third kappa shape index (κ3) is 3.41. The summed E-state index contributed by atoms with van der Waals surface area (Å²) < 4.78 is 14.8. The molecule has 0 atom stereocenters. The third-order valence-electron chi connectivity index (χ3n) is 3.54. The summed E-state index contributed by atoms with van der Waals surface area (Å²) in [7, 11) is 3.21. The second-order valence-corrected chi connectivity index (χ2v) is 6.14. The molecule has 0 bridgehead atoms. The van der Waals surface area contributed by atoms with E-state index in [0.717, 1.165) is 21.4 Å². The SMILES string of the molecule is COc1cc(/C=N\n2cnnc2-n2nc(C)cc2C)c(OC)cc1Br. The molecule has 3 rings (SSSR count). The molecule has 2 heterocycles.